The van der Waals surface area contributed by atoms with E-state index in [2.05, 4.69) is 53.1 Å². The fourth-order valence-corrected chi connectivity index (χ4v) is 2.48. The Balaban J connectivity index is 3.45. The second kappa shape index (κ2) is 4.27. The third-order valence-corrected chi connectivity index (χ3v) is 3.40. The third kappa shape index (κ3) is 1.87. The Labute approximate surface area is 98.6 Å². The molecular formula is C10H16BNS2. The van der Waals surface area contributed by atoms with Gasteiger partial charge in [0.25, 0.3) is 0 Å². The van der Waals surface area contributed by atoms with Crippen molar-refractivity contribution in [2.45, 2.75) is 44.6 Å². The van der Waals surface area contributed by atoms with Crippen molar-refractivity contribution < 1.29 is 0 Å². The Morgan fingerprint density at radius 1 is 1.07 bits per heavy atom. The molecule has 1 rings (SSSR count). The number of rotatable bonds is 2. The predicted molar refractivity (Wildman–Crippen MR) is 69.6 cm³/mol. The van der Waals surface area contributed by atoms with E-state index in [0.717, 1.165) is 10.6 Å². The minimum Gasteiger partial charge on any atom is -0.296 e. The molecule has 0 aliphatic heterocycles. The molecule has 0 bridgehead atoms. The summed E-state index contributed by atoms with van der Waals surface area (Å²) in [4.78, 5) is 0. The molecule has 0 saturated heterocycles. The SMILES string of the molecule is [B]c1c(C(C)C)c(C(C)C)c(S)n1S. The van der Waals surface area contributed by atoms with E-state index in [1.54, 1.807) is 3.97 Å². The van der Waals surface area contributed by atoms with Crippen LogP contribution < -0.4 is 5.59 Å². The molecule has 1 nitrogen and oxygen atoms in total. The fraction of sp³-hybridized carbons (Fsp3) is 0.600. The molecule has 0 aliphatic carbocycles. The summed E-state index contributed by atoms with van der Waals surface area (Å²) in [6.07, 6.45) is 0. The van der Waals surface area contributed by atoms with Gasteiger partial charge in [-0.05, 0) is 28.6 Å². The Morgan fingerprint density at radius 2 is 1.50 bits per heavy atom. The average Bonchev–Trinajstić information content (AvgIpc) is 2.29. The molecular weight excluding hydrogens is 209 g/mol. The van der Waals surface area contributed by atoms with Gasteiger partial charge in [-0.1, -0.05) is 40.5 Å². The van der Waals surface area contributed by atoms with Gasteiger partial charge < -0.3 is 0 Å². The molecule has 14 heavy (non-hydrogen) atoms. The van der Waals surface area contributed by atoms with Crippen LogP contribution in [0.3, 0.4) is 0 Å². The lowest BCUT2D eigenvalue weighted by molar-refractivity contribution is 0.784. The molecule has 0 unspecified atom stereocenters. The van der Waals surface area contributed by atoms with Crippen LogP contribution in [0.4, 0.5) is 0 Å². The smallest absolute Gasteiger partial charge is 0.140 e. The van der Waals surface area contributed by atoms with Gasteiger partial charge in [0.2, 0.25) is 0 Å². The van der Waals surface area contributed by atoms with Crippen LogP contribution in [0.25, 0.3) is 0 Å². The van der Waals surface area contributed by atoms with E-state index >= 15 is 0 Å². The maximum absolute atomic E-state index is 5.98. The Morgan fingerprint density at radius 3 is 1.79 bits per heavy atom. The maximum atomic E-state index is 5.98. The van der Waals surface area contributed by atoms with Crippen molar-refractivity contribution in [3.05, 3.63) is 11.1 Å². The third-order valence-electron chi connectivity index (χ3n) is 2.39. The summed E-state index contributed by atoms with van der Waals surface area (Å²) in [5.74, 6) is 0.835. The fourth-order valence-electron chi connectivity index (χ4n) is 1.78. The first-order valence-corrected chi connectivity index (χ1v) is 5.64. The van der Waals surface area contributed by atoms with Crippen LogP contribution in [-0.4, -0.2) is 11.8 Å². The summed E-state index contributed by atoms with van der Waals surface area (Å²) in [5.41, 5.74) is 3.12. The number of aromatic nitrogens is 1. The summed E-state index contributed by atoms with van der Waals surface area (Å²) < 4.78 is 1.66. The monoisotopic (exact) mass is 225 g/mol. The molecule has 2 radical (unpaired) electrons. The zero-order valence-corrected chi connectivity index (χ0v) is 10.9. The van der Waals surface area contributed by atoms with Crippen molar-refractivity contribution >= 4 is 38.9 Å². The first-order chi connectivity index (χ1) is 6.37. The molecule has 4 heteroatoms. The topological polar surface area (TPSA) is 4.93 Å². The van der Waals surface area contributed by atoms with E-state index in [1.165, 1.54) is 11.1 Å². The van der Waals surface area contributed by atoms with Gasteiger partial charge >= 0.3 is 0 Å². The van der Waals surface area contributed by atoms with Crippen LogP contribution in [0.2, 0.25) is 0 Å². The molecule has 0 aromatic carbocycles. The predicted octanol–water partition coefficient (Wildman–Crippen LogP) is 2.51. The van der Waals surface area contributed by atoms with E-state index in [4.69, 9.17) is 7.85 Å². The zero-order valence-electron chi connectivity index (χ0n) is 9.07. The van der Waals surface area contributed by atoms with Crippen LogP contribution in [0.1, 0.15) is 50.7 Å². The van der Waals surface area contributed by atoms with E-state index in [0.29, 0.717) is 11.8 Å². The van der Waals surface area contributed by atoms with E-state index < -0.39 is 0 Å². The summed E-state index contributed by atoms with van der Waals surface area (Å²) in [7, 11) is 5.98. The van der Waals surface area contributed by atoms with Crippen molar-refractivity contribution in [3.63, 3.8) is 0 Å². The number of thiol groups is 2. The second-order valence-electron chi connectivity index (χ2n) is 4.16. The second-order valence-corrected chi connectivity index (χ2v) is 4.98. The summed E-state index contributed by atoms with van der Waals surface area (Å²) in [6, 6.07) is 0. The molecule has 0 atom stereocenters. The highest BCUT2D eigenvalue weighted by molar-refractivity contribution is 7.82. The van der Waals surface area contributed by atoms with Gasteiger partial charge in [-0.15, -0.1) is 12.6 Å². The molecule has 0 amide bonds. The average molecular weight is 225 g/mol. The van der Waals surface area contributed by atoms with Crippen molar-refractivity contribution in [1.29, 1.82) is 0 Å². The molecule has 0 saturated carbocycles. The molecule has 0 aliphatic rings. The quantitative estimate of drug-likeness (QED) is 0.563. The molecule has 1 aromatic heterocycles. The van der Waals surface area contributed by atoms with Gasteiger partial charge in [0, 0.05) is 0 Å². The molecule has 76 valence electrons. The lowest BCUT2D eigenvalue weighted by Gasteiger charge is -2.12. The maximum Gasteiger partial charge on any atom is 0.140 e. The largest absolute Gasteiger partial charge is 0.296 e. The lowest BCUT2D eigenvalue weighted by atomic mass is 9.87. The first kappa shape index (κ1) is 12.1. The van der Waals surface area contributed by atoms with Crippen molar-refractivity contribution in [2.75, 3.05) is 0 Å². The molecule has 1 heterocycles. The first-order valence-electron chi connectivity index (χ1n) is 4.80. The molecule has 0 N–H and O–H groups in total. The van der Waals surface area contributed by atoms with Crippen LogP contribution in [-0.2, 0) is 0 Å². The molecule has 1 aromatic rings. The normalized spacial score (nSPS) is 11.7. The minimum atomic E-state index is 0.409. The van der Waals surface area contributed by atoms with Crippen molar-refractivity contribution in [2.24, 2.45) is 0 Å². The standard InChI is InChI=1S/C10H16BNS2/c1-5(2)7-8(6(3)4)10(13)12(14)9(7)11/h5-6,13-14H,1-4H3. The Bertz CT molecular complexity index is 311. The summed E-state index contributed by atoms with van der Waals surface area (Å²) >= 11 is 8.75. The lowest BCUT2D eigenvalue weighted by Crippen LogP contribution is -2.16. The van der Waals surface area contributed by atoms with E-state index in [1.807, 2.05) is 0 Å². The number of hydrogen-bond acceptors (Lipinski definition) is 2. The number of nitrogens with zero attached hydrogens (tertiary/aromatic N) is 1. The van der Waals surface area contributed by atoms with E-state index in [-0.39, 0.29) is 0 Å². The van der Waals surface area contributed by atoms with Crippen LogP contribution in [0.15, 0.2) is 5.03 Å². The van der Waals surface area contributed by atoms with Crippen molar-refractivity contribution in [3.8, 4) is 0 Å². The van der Waals surface area contributed by atoms with Gasteiger partial charge in [-0.2, -0.15) is 0 Å². The van der Waals surface area contributed by atoms with E-state index in [9.17, 15) is 0 Å². The van der Waals surface area contributed by atoms with Crippen LogP contribution in [0, 0.1) is 0 Å². The molecule has 0 fully saturated rings. The van der Waals surface area contributed by atoms with Gasteiger partial charge in [0.05, 0.1) is 5.03 Å². The van der Waals surface area contributed by atoms with Gasteiger partial charge in [0.1, 0.15) is 7.85 Å². The Hall–Kier alpha value is 0.0449. The molecule has 0 spiro atoms. The van der Waals surface area contributed by atoms with Crippen molar-refractivity contribution in [1.82, 2.24) is 3.97 Å². The van der Waals surface area contributed by atoms with Crippen LogP contribution >= 0.6 is 25.4 Å². The number of hydrogen-bond donors (Lipinski definition) is 2. The van der Waals surface area contributed by atoms with Crippen LogP contribution in [0.5, 0.6) is 0 Å². The summed E-state index contributed by atoms with van der Waals surface area (Å²) in [6.45, 7) is 8.57. The Kier molecular flexibility index (Phi) is 3.70. The van der Waals surface area contributed by atoms with Gasteiger partial charge in [-0.25, -0.2) is 0 Å². The van der Waals surface area contributed by atoms with Gasteiger partial charge in [0.15, 0.2) is 0 Å². The highest BCUT2D eigenvalue weighted by atomic mass is 32.1. The van der Waals surface area contributed by atoms with Gasteiger partial charge in [-0.3, -0.25) is 3.97 Å². The minimum absolute atomic E-state index is 0.409. The summed E-state index contributed by atoms with van der Waals surface area (Å²) in [5, 5.41) is 0.865. The highest BCUT2D eigenvalue weighted by Crippen LogP contribution is 2.31. The zero-order chi connectivity index (χ0) is 11.0. The highest BCUT2D eigenvalue weighted by Gasteiger charge is 2.20.